The van der Waals surface area contributed by atoms with E-state index in [9.17, 15) is 13.2 Å². The summed E-state index contributed by atoms with van der Waals surface area (Å²) < 4.78 is 27.1. The van der Waals surface area contributed by atoms with Crippen molar-refractivity contribution in [1.82, 2.24) is 20.2 Å². The summed E-state index contributed by atoms with van der Waals surface area (Å²) >= 11 is 13.1. The molecule has 0 saturated carbocycles. The number of nitrogens with one attached hydrogen (secondary N) is 2. The predicted molar refractivity (Wildman–Crippen MR) is 123 cm³/mol. The number of rotatable bonds is 5. The fourth-order valence-corrected chi connectivity index (χ4v) is 5.91. The molecular formula is C18H20Cl2N6O4S2. The van der Waals surface area contributed by atoms with Crippen LogP contribution >= 0.6 is 34.5 Å². The Kier molecular flexibility index (Phi) is 6.67. The number of hydrazine groups is 1. The van der Waals surface area contributed by atoms with E-state index in [1.54, 1.807) is 17.3 Å². The van der Waals surface area contributed by atoms with Crippen LogP contribution in [-0.2, 0) is 14.9 Å². The molecule has 0 aliphatic carbocycles. The number of sulfonamides is 1. The van der Waals surface area contributed by atoms with Crippen molar-refractivity contribution in [2.45, 2.75) is 17.6 Å². The van der Waals surface area contributed by atoms with Crippen molar-refractivity contribution < 1.29 is 18.0 Å². The maximum Gasteiger partial charge on any atom is 0.331 e. The summed E-state index contributed by atoms with van der Waals surface area (Å²) in [5.41, 5.74) is 3.49. The Morgan fingerprint density at radius 2 is 2.03 bits per heavy atom. The first-order valence-electron chi connectivity index (χ1n) is 9.67. The van der Waals surface area contributed by atoms with Gasteiger partial charge in [0, 0.05) is 32.6 Å². The SMILES string of the molecule is CCC1=CN(c2cnc(N3CCN(C(=O)NS(=O)(=O)c4ccc(Cl)s4)CC3)c(Cl)c2)NO1. The molecule has 2 amide bonds. The minimum atomic E-state index is -3.96. The second-order valence-electron chi connectivity index (χ2n) is 6.95. The van der Waals surface area contributed by atoms with Crippen LogP contribution in [0.15, 0.2) is 40.6 Å². The first-order chi connectivity index (χ1) is 15.3. The van der Waals surface area contributed by atoms with Crippen molar-refractivity contribution in [2.24, 2.45) is 0 Å². The van der Waals surface area contributed by atoms with Crippen LogP contribution < -0.4 is 20.2 Å². The molecule has 172 valence electrons. The molecule has 0 bridgehead atoms. The lowest BCUT2D eigenvalue weighted by atomic mass is 10.3. The van der Waals surface area contributed by atoms with Crippen molar-refractivity contribution in [3.05, 3.63) is 45.7 Å². The van der Waals surface area contributed by atoms with Gasteiger partial charge in [-0.3, -0.25) is 0 Å². The summed E-state index contributed by atoms with van der Waals surface area (Å²) in [7, 11) is -3.96. The fraction of sp³-hybridized carbons (Fsp3) is 0.333. The lowest BCUT2D eigenvalue weighted by molar-refractivity contribution is 0.126. The largest absolute Gasteiger partial charge is 0.392 e. The number of carbonyl (C=O) groups is 1. The molecule has 0 radical (unpaired) electrons. The van der Waals surface area contributed by atoms with Gasteiger partial charge in [0.2, 0.25) is 0 Å². The Morgan fingerprint density at radius 3 is 2.62 bits per heavy atom. The number of carbonyl (C=O) groups excluding carboxylic acids is 1. The zero-order chi connectivity index (χ0) is 22.9. The van der Waals surface area contributed by atoms with Crippen LogP contribution in [-0.4, -0.2) is 50.5 Å². The number of pyridine rings is 1. The van der Waals surface area contributed by atoms with Gasteiger partial charge in [-0.2, -0.15) is 0 Å². The van der Waals surface area contributed by atoms with Gasteiger partial charge in [-0.1, -0.05) is 35.7 Å². The molecule has 1 saturated heterocycles. The summed E-state index contributed by atoms with van der Waals surface area (Å²) in [5, 5.41) is 2.14. The van der Waals surface area contributed by atoms with E-state index in [2.05, 4.69) is 15.3 Å². The van der Waals surface area contributed by atoms with E-state index in [1.165, 1.54) is 17.0 Å². The average Bonchev–Trinajstić information content (AvgIpc) is 3.43. The highest BCUT2D eigenvalue weighted by Crippen LogP contribution is 2.30. The molecular weight excluding hydrogens is 499 g/mol. The maximum absolute atomic E-state index is 12.5. The zero-order valence-corrected chi connectivity index (χ0v) is 20.1. The van der Waals surface area contributed by atoms with Crippen LogP contribution in [0.2, 0.25) is 9.36 Å². The minimum Gasteiger partial charge on any atom is -0.392 e. The fourth-order valence-electron chi connectivity index (χ4n) is 3.17. The lowest BCUT2D eigenvalue weighted by Gasteiger charge is -2.35. The Balaban J connectivity index is 1.36. The van der Waals surface area contributed by atoms with Crippen LogP contribution in [0, 0.1) is 0 Å². The van der Waals surface area contributed by atoms with Crippen molar-refractivity contribution in [3.63, 3.8) is 0 Å². The molecule has 2 N–H and O–H groups in total. The smallest absolute Gasteiger partial charge is 0.331 e. The number of anilines is 2. The van der Waals surface area contributed by atoms with Crippen LogP contribution in [0.25, 0.3) is 0 Å². The number of urea groups is 1. The number of hydrogen-bond donors (Lipinski definition) is 2. The third-order valence-corrected chi connectivity index (χ3v) is 8.20. The van der Waals surface area contributed by atoms with Crippen molar-refractivity contribution in [3.8, 4) is 0 Å². The highest BCUT2D eigenvalue weighted by Gasteiger charge is 2.27. The minimum absolute atomic E-state index is 0.00986. The summed E-state index contributed by atoms with van der Waals surface area (Å²) in [6.07, 6.45) is 4.25. The Hall–Kier alpha value is -2.25. The Morgan fingerprint density at radius 1 is 1.28 bits per heavy atom. The van der Waals surface area contributed by atoms with Gasteiger partial charge in [0.05, 0.1) is 27.4 Å². The van der Waals surface area contributed by atoms with Crippen LogP contribution in [0.3, 0.4) is 0 Å². The quantitative estimate of drug-likeness (QED) is 0.621. The Labute approximate surface area is 199 Å². The van der Waals surface area contributed by atoms with Gasteiger partial charge in [-0.05, 0) is 18.2 Å². The number of thiophene rings is 1. The van der Waals surface area contributed by atoms with Crippen molar-refractivity contribution in [2.75, 3.05) is 36.1 Å². The van der Waals surface area contributed by atoms with Crippen molar-refractivity contribution >= 4 is 62.1 Å². The standard InChI is InChI=1S/C18H20Cl2N6O4S2/c1-2-13-11-26(23-30-13)12-9-14(19)17(21-10-12)24-5-7-25(8-6-24)18(27)22-32(28,29)16-4-3-15(20)31-16/h3-4,9-11,23H,2,5-8H2,1H3,(H,22,27). The van der Waals surface area contributed by atoms with E-state index in [0.29, 0.717) is 41.4 Å². The van der Waals surface area contributed by atoms with Crippen LogP contribution in [0.5, 0.6) is 0 Å². The van der Waals surface area contributed by atoms with Gasteiger partial charge in [-0.25, -0.2) is 27.9 Å². The molecule has 0 atom stereocenters. The predicted octanol–water partition coefficient (Wildman–Crippen LogP) is 3.18. The lowest BCUT2D eigenvalue weighted by Crippen LogP contribution is -2.53. The second kappa shape index (κ2) is 9.32. The third-order valence-electron chi connectivity index (χ3n) is 4.88. The molecule has 1 fully saturated rings. The van der Waals surface area contributed by atoms with Gasteiger partial charge in [0.1, 0.15) is 15.8 Å². The molecule has 4 heterocycles. The number of halogens is 2. The number of nitrogens with zero attached hydrogens (tertiary/aromatic N) is 4. The number of hydrogen-bond acceptors (Lipinski definition) is 9. The highest BCUT2D eigenvalue weighted by molar-refractivity contribution is 7.92. The highest BCUT2D eigenvalue weighted by atomic mass is 35.5. The first kappa shape index (κ1) is 22.9. The zero-order valence-electron chi connectivity index (χ0n) is 16.9. The first-order valence-corrected chi connectivity index (χ1v) is 12.7. The molecule has 0 spiro atoms. The monoisotopic (exact) mass is 518 g/mol. The second-order valence-corrected chi connectivity index (χ2v) is 11.0. The van der Waals surface area contributed by atoms with E-state index in [0.717, 1.165) is 29.2 Å². The molecule has 4 rings (SSSR count). The summed E-state index contributed by atoms with van der Waals surface area (Å²) in [5.74, 6) is 1.39. The van der Waals surface area contributed by atoms with E-state index >= 15 is 0 Å². The molecule has 2 aliphatic rings. The molecule has 32 heavy (non-hydrogen) atoms. The van der Waals surface area contributed by atoms with E-state index in [-0.39, 0.29) is 4.21 Å². The molecule has 14 heteroatoms. The van der Waals surface area contributed by atoms with Gasteiger partial charge in [-0.15, -0.1) is 11.3 Å². The molecule has 10 nitrogen and oxygen atoms in total. The summed E-state index contributed by atoms with van der Waals surface area (Å²) in [6, 6.07) is 3.92. The topological polar surface area (TPSA) is 107 Å². The maximum atomic E-state index is 12.5. The average molecular weight is 519 g/mol. The summed E-state index contributed by atoms with van der Waals surface area (Å²) in [6.45, 7) is 3.52. The number of amides is 2. The van der Waals surface area contributed by atoms with Gasteiger partial charge < -0.3 is 14.6 Å². The third kappa shape index (κ3) is 4.89. The van der Waals surface area contributed by atoms with E-state index < -0.39 is 16.1 Å². The van der Waals surface area contributed by atoms with Gasteiger partial charge in [0.25, 0.3) is 10.0 Å². The molecule has 2 aromatic heterocycles. The number of piperazine rings is 1. The summed E-state index contributed by atoms with van der Waals surface area (Å²) in [4.78, 5) is 25.6. The Bertz CT molecular complexity index is 1150. The molecule has 0 unspecified atom stereocenters. The normalized spacial score (nSPS) is 16.7. The number of aromatic nitrogens is 1. The van der Waals surface area contributed by atoms with Crippen LogP contribution in [0.1, 0.15) is 13.3 Å². The molecule has 2 aromatic rings. The van der Waals surface area contributed by atoms with Crippen molar-refractivity contribution in [1.29, 1.82) is 0 Å². The van der Waals surface area contributed by atoms with Crippen LogP contribution in [0.4, 0.5) is 16.3 Å². The number of allylic oxidation sites excluding steroid dienone is 1. The molecule has 0 aromatic carbocycles. The van der Waals surface area contributed by atoms with E-state index in [4.69, 9.17) is 28.0 Å². The molecule has 2 aliphatic heterocycles. The van der Waals surface area contributed by atoms with E-state index in [1.807, 2.05) is 18.0 Å². The van der Waals surface area contributed by atoms with Gasteiger partial charge in [0.15, 0.2) is 0 Å². The van der Waals surface area contributed by atoms with Gasteiger partial charge >= 0.3 is 6.03 Å².